The van der Waals surface area contributed by atoms with Crippen LogP contribution in [0, 0.1) is 0 Å². The molecule has 2 saturated heterocycles. The SMILES string of the molecule is CCC(=O)OC1CCON1N1CCCO1. The monoisotopic (exact) mass is 216 g/mol. The minimum atomic E-state index is -0.337. The lowest BCUT2D eigenvalue weighted by Crippen LogP contribution is -2.44. The van der Waals surface area contributed by atoms with E-state index in [1.165, 1.54) is 5.17 Å². The number of hydrogen-bond acceptors (Lipinski definition) is 6. The molecule has 0 aliphatic carbocycles. The molecule has 6 nitrogen and oxygen atoms in total. The highest BCUT2D eigenvalue weighted by molar-refractivity contribution is 5.69. The molecule has 2 aliphatic rings. The summed E-state index contributed by atoms with van der Waals surface area (Å²) in [5, 5.41) is 3.15. The number of hydrazine groups is 1. The van der Waals surface area contributed by atoms with E-state index in [1.54, 1.807) is 12.1 Å². The molecule has 0 bridgehead atoms. The van der Waals surface area contributed by atoms with Crippen LogP contribution in [-0.2, 0) is 19.2 Å². The third kappa shape index (κ3) is 2.46. The Hall–Kier alpha value is -0.690. The summed E-state index contributed by atoms with van der Waals surface area (Å²) in [4.78, 5) is 21.8. The Morgan fingerprint density at radius 2 is 2.33 bits per heavy atom. The van der Waals surface area contributed by atoms with Gasteiger partial charge in [-0.15, -0.1) is 0 Å². The first-order valence-electron chi connectivity index (χ1n) is 5.33. The van der Waals surface area contributed by atoms with Gasteiger partial charge in [0, 0.05) is 19.4 Å². The van der Waals surface area contributed by atoms with Crippen LogP contribution in [-0.4, -0.2) is 42.3 Å². The lowest BCUT2D eigenvalue weighted by molar-refractivity contribution is -0.399. The van der Waals surface area contributed by atoms with E-state index in [1.807, 2.05) is 0 Å². The summed E-state index contributed by atoms with van der Waals surface area (Å²) in [5.74, 6) is -0.213. The maximum atomic E-state index is 11.2. The van der Waals surface area contributed by atoms with Crippen LogP contribution in [0.3, 0.4) is 0 Å². The summed E-state index contributed by atoms with van der Waals surface area (Å²) in [5.41, 5.74) is 0. The van der Waals surface area contributed by atoms with Gasteiger partial charge in [0.15, 0.2) is 6.23 Å². The fraction of sp³-hybridized carbons (Fsp3) is 0.889. The van der Waals surface area contributed by atoms with Gasteiger partial charge in [0.05, 0.1) is 13.2 Å². The van der Waals surface area contributed by atoms with E-state index >= 15 is 0 Å². The van der Waals surface area contributed by atoms with E-state index in [0.29, 0.717) is 26.1 Å². The molecule has 0 saturated carbocycles. The van der Waals surface area contributed by atoms with Gasteiger partial charge in [-0.3, -0.25) is 14.5 Å². The van der Waals surface area contributed by atoms with E-state index in [2.05, 4.69) is 0 Å². The number of carbonyl (C=O) groups is 1. The molecule has 0 aromatic rings. The summed E-state index contributed by atoms with van der Waals surface area (Å²) in [6.07, 6.45) is 1.70. The van der Waals surface area contributed by atoms with Crippen LogP contribution in [0.15, 0.2) is 0 Å². The molecule has 2 fully saturated rings. The van der Waals surface area contributed by atoms with Crippen LogP contribution in [0.1, 0.15) is 26.2 Å². The van der Waals surface area contributed by atoms with Crippen molar-refractivity contribution >= 4 is 5.97 Å². The van der Waals surface area contributed by atoms with E-state index in [9.17, 15) is 4.79 Å². The molecule has 15 heavy (non-hydrogen) atoms. The van der Waals surface area contributed by atoms with Crippen LogP contribution in [0.2, 0.25) is 0 Å². The fourth-order valence-corrected chi connectivity index (χ4v) is 1.58. The van der Waals surface area contributed by atoms with Crippen molar-refractivity contribution in [3.8, 4) is 0 Å². The number of hydroxylamine groups is 2. The largest absolute Gasteiger partial charge is 0.443 e. The average Bonchev–Trinajstić information content (AvgIpc) is 2.86. The Bertz CT molecular complexity index is 230. The summed E-state index contributed by atoms with van der Waals surface area (Å²) in [6, 6.07) is 0. The molecule has 0 radical (unpaired) electrons. The highest BCUT2D eigenvalue weighted by Crippen LogP contribution is 2.21. The third-order valence-electron chi connectivity index (χ3n) is 2.34. The number of rotatable bonds is 3. The number of ether oxygens (including phenoxy) is 1. The smallest absolute Gasteiger partial charge is 0.307 e. The van der Waals surface area contributed by atoms with E-state index < -0.39 is 0 Å². The lowest BCUT2D eigenvalue weighted by Gasteiger charge is -2.28. The number of esters is 1. The second kappa shape index (κ2) is 4.89. The van der Waals surface area contributed by atoms with Crippen molar-refractivity contribution in [2.24, 2.45) is 0 Å². The standard InChI is InChI=1S/C9H16N2O4/c1-2-9(12)15-8-4-7-14-11(8)10-5-3-6-13-10/h8H,2-7H2,1H3. The molecular weight excluding hydrogens is 200 g/mol. The van der Waals surface area contributed by atoms with Crippen molar-refractivity contribution in [1.82, 2.24) is 10.3 Å². The second-order valence-electron chi connectivity index (χ2n) is 3.49. The Kier molecular flexibility index (Phi) is 3.53. The zero-order valence-corrected chi connectivity index (χ0v) is 8.85. The number of hydrogen-bond donors (Lipinski definition) is 0. The van der Waals surface area contributed by atoms with Gasteiger partial charge in [-0.2, -0.15) is 0 Å². The normalized spacial score (nSPS) is 28.5. The maximum absolute atomic E-state index is 11.2. The fourth-order valence-electron chi connectivity index (χ4n) is 1.58. The molecular formula is C9H16N2O4. The summed E-state index contributed by atoms with van der Waals surface area (Å²) in [6.45, 7) is 3.80. The van der Waals surface area contributed by atoms with E-state index in [-0.39, 0.29) is 12.2 Å². The van der Waals surface area contributed by atoms with Crippen LogP contribution < -0.4 is 0 Å². The van der Waals surface area contributed by atoms with Crippen molar-refractivity contribution < 1.29 is 19.2 Å². The minimum absolute atomic E-state index is 0.213. The van der Waals surface area contributed by atoms with Crippen molar-refractivity contribution in [3.05, 3.63) is 0 Å². The molecule has 6 heteroatoms. The van der Waals surface area contributed by atoms with Crippen molar-refractivity contribution in [3.63, 3.8) is 0 Å². The molecule has 2 rings (SSSR count). The summed E-state index contributed by atoms with van der Waals surface area (Å²) < 4.78 is 5.23. The Morgan fingerprint density at radius 1 is 1.47 bits per heavy atom. The molecule has 0 amide bonds. The molecule has 0 spiro atoms. The van der Waals surface area contributed by atoms with Crippen LogP contribution in [0.4, 0.5) is 0 Å². The van der Waals surface area contributed by atoms with Crippen LogP contribution in [0.25, 0.3) is 0 Å². The molecule has 1 unspecified atom stereocenters. The molecule has 0 N–H and O–H groups in total. The first-order valence-corrected chi connectivity index (χ1v) is 5.33. The number of carbonyl (C=O) groups excluding carboxylic acids is 1. The second-order valence-corrected chi connectivity index (χ2v) is 3.49. The minimum Gasteiger partial charge on any atom is -0.443 e. The van der Waals surface area contributed by atoms with Gasteiger partial charge in [0.25, 0.3) is 0 Å². The van der Waals surface area contributed by atoms with E-state index in [0.717, 1.165) is 13.0 Å². The lowest BCUT2D eigenvalue weighted by atomic mass is 10.4. The van der Waals surface area contributed by atoms with Crippen molar-refractivity contribution in [2.75, 3.05) is 19.8 Å². The molecule has 0 aromatic heterocycles. The average molecular weight is 216 g/mol. The van der Waals surface area contributed by atoms with Gasteiger partial charge < -0.3 is 4.74 Å². The van der Waals surface area contributed by atoms with Gasteiger partial charge >= 0.3 is 5.97 Å². The quantitative estimate of drug-likeness (QED) is 0.639. The first kappa shape index (κ1) is 10.8. The van der Waals surface area contributed by atoms with Gasteiger partial charge in [-0.25, -0.2) is 0 Å². The molecule has 0 aromatic carbocycles. The van der Waals surface area contributed by atoms with Gasteiger partial charge in [-0.1, -0.05) is 17.3 Å². The molecule has 2 aliphatic heterocycles. The van der Waals surface area contributed by atoms with E-state index in [4.69, 9.17) is 14.4 Å². The highest BCUT2D eigenvalue weighted by atomic mass is 16.9. The van der Waals surface area contributed by atoms with Gasteiger partial charge in [-0.05, 0) is 6.42 Å². The van der Waals surface area contributed by atoms with Crippen LogP contribution >= 0.6 is 0 Å². The highest BCUT2D eigenvalue weighted by Gasteiger charge is 2.35. The first-order chi connectivity index (χ1) is 7.31. The van der Waals surface area contributed by atoms with Gasteiger partial charge in [0.2, 0.25) is 0 Å². The van der Waals surface area contributed by atoms with Crippen LogP contribution in [0.5, 0.6) is 0 Å². The predicted molar refractivity (Wildman–Crippen MR) is 49.9 cm³/mol. The zero-order chi connectivity index (χ0) is 10.7. The molecule has 2 heterocycles. The summed E-state index contributed by atoms with van der Waals surface area (Å²) >= 11 is 0. The Morgan fingerprint density at radius 3 is 3.00 bits per heavy atom. The van der Waals surface area contributed by atoms with Crippen molar-refractivity contribution in [2.45, 2.75) is 32.4 Å². The predicted octanol–water partition coefficient (Wildman–Crippen LogP) is 0.455. The Labute approximate surface area is 88.5 Å². The zero-order valence-electron chi connectivity index (χ0n) is 8.85. The third-order valence-corrected chi connectivity index (χ3v) is 2.34. The maximum Gasteiger partial charge on any atom is 0.307 e. The van der Waals surface area contributed by atoms with Gasteiger partial charge in [0.1, 0.15) is 0 Å². The topological polar surface area (TPSA) is 51.2 Å². The summed E-state index contributed by atoms with van der Waals surface area (Å²) in [7, 11) is 0. The van der Waals surface area contributed by atoms with Crippen molar-refractivity contribution in [1.29, 1.82) is 0 Å². The molecule has 86 valence electrons. The molecule has 1 atom stereocenters. The number of nitrogens with zero attached hydrogens (tertiary/aromatic N) is 2. The Balaban J connectivity index is 1.89.